The molecule has 0 amide bonds. The highest BCUT2D eigenvalue weighted by molar-refractivity contribution is 6.87. The summed E-state index contributed by atoms with van der Waals surface area (Å²) < 4.78 is 71.7. The smallest absolute Gasteiger partial charge is 0.367 e. The van der Waals surface area contributed by atoms with E-state index in [1.54, 1.807) is 0 Å². The second-order valence-electron chi connectivity index (χ2n) is 3.75. The van der Waals surface area contributed by atoms with Crippen LogP contribution in [0.25, 0.3) is 0 Å². The molecule has 1 rings (SSSR count). The van der Waals surface area contributed by atoms with Crippen molar-refractivity contribution in [1.29, 1.82) is 0 Å². The van der Waals surface area contributed by atoms with Gasteiger partial charge in [0.25, 0.3) is 0 Å². The quantitative estimate of drug-likeness (QED) is 0.390. The van der Waals surface area contributed by atoms with Crippen molar-refractivity contribution in [3.63, 3.8) is 0 Å². The van der Waals surface area contributed by atoms with Crippen molar-refractivity contribution in [3.8, 4) is 0 Å². The molecule has 0 aliphatic carbocycles. The van der Waals surface area contributed by atoms with Crippen LogP contribution in [0.5, 0.6) is 0 Å². The van der Waals surface area contributed by atoms with Gasteiger partial charge in [0.05, 0.1) is 0 Å². The summed E-state index contributed by atoms with van der Waals surface area (Å²) in [5.74, 6) is 0. The van der Waals surface area contributed by atoms with Crippen molar-refractivity contribution in [2.45, 2.75) is 26.2 Å². The van der Waals surface area contributed by atoms with Crippen LogP contribution in [0.3, 0.4) is 0 Å². The van der Waals surface area contributed by atoms with E-state index in [0.29, 0.717) is 0 Å². The van der Waals surface area contributed by atoms with E-state index in [-0.39, 0.29) is 0 Å². The van der Waals surface area contributed by atoms with Gasteiger partial charge in [0.1, 0.15) is 0 Å². The van der Waals surface area contributed by atoms with Gasteiger partial charge in [0.2, 0.25) is 0 Å². The van der Waals surface area contributed by atoms with E-state index in [9.17, 15) is 16.4 Å². The third-order valence-electron chi connectivity index (χ3n) is 1.46. The highest BCUT2D eigenvalue weighted by atomic mass is 28.6. The lowest BCUT2D eigenvalue weighted by atomic mass is 11.9. The summed E-state index contributed by atoms with van der Waals surface area (Å²) >= 11 is 0. The minimum Gasteiger partial charge on any atom is -0.367 e. The van der Waals surface area contributed by atoms with Crippen molar-refractivity contribution in [1.82, 2.24) is 0 Å². The van der Waals surface area contributed by atoms with Gasteiger partial charge in [-0.25, -0.2) is 16.4 Å². The van der Waals surface area contributed by atoms with Gasteiger partial charge in [-0.3, -0.25) is 0 Å². The molecule has 1 fully saturated rings. The Kier molecular flexibility index (Phi) is 3.60. The molecule has 1 saturated heterocycles. The molecular formula is C4H12F4O4Si4. The molecule has 16 heavy (non-hydrogen) atoms. The average Bonchev–Trinajstić information content (AvgIpc) is 1.67. The van der Waals surface area contributed by atoms with Gasteiger partial charge < -0.3 is 16.5 Å². The van der Waals surface area contributed by atoms with Gasteiger partial charge >= 0.3 is 35.6 Å². The molecule has 0 bridgehead atoms. The van der Waals surface area contributed by atoms with Crippen LogP contribution in [-0.2, 0) is 16.5 Å². The summed E-state index contributed by atoms with van der Waals surface area (Å²) in [6.07, 6.45) is 0. The number of halogens is 4. The lowest BCUT2D eigenvalue weighted by Gasteiger charge is -2.37. The molecule has 0 radical (unpaired) electrons. The van der Waals surface area contributed by atoms with Gasteiger partial charge in [0, 0.05) is 26.2 Å². The minimum atomic E-state index is -4.53. The topological polar surface area (TPSA) is 36.9 Å². The van der Waals surface area contributed by atoms with Gasteiger partial charge in [-0.15, -0.1) is 0 Å². The van der Waals surface area contributed by atoms with E-state index in [1.807, 2.05) is 0 Å². The van der Waals surface area contributed by atoms with Gasteiger partial charge in [-0.05, 0) is 0 Å². The molecule has 0 unspecified atom stereocenters. The molecule has 1 aliphatic heterocycles. The normalized spacial score (nSPS) is 55.5. The summed E-state index contributed by atoms with van der Waals surface area (Å²) in [5.41, 5.74) is 0. The summed E-state index contributed by atoms with van der Waals surface area (Å²) in [6.45, 7) is 3.21. The van der Waals surface area contributed by atoms with Crippen LogP contribution in [0.1, 0.15) is 0 Å². The summed E-state index contributed by atoms with van der Waals surface area (Å²) in [7, 11) is -18.1. The van der Waals surface area contributed by atoms with Crippen molar-refractivity contribution >= 4 is 35.6 Å². The third-order valence-corrected chi connectivity index (χ3v) is 13.1. The predicted molar refractivity (Wildman–Crippen MR) is 55.2 cm³/mol. The molecular weight excluding hydrogens is 300 g/mol. The van der Waals surface area contributed by atoms with Gasteiger partial charge in [-0.1, -0.05) is 0 Å². The Morgan fingerprint density at radius 3 is 0.750 bits per heavy atom. The van der Waals surface area contributed by atoms with E-state index < -0.39 is 35.6 Å². The van der Waals surface area contributed by atoms with E-state index in [4.69, 9.17) is 0 Å². The van der Waals surface area contributed by atoms with E-state index >= 15 is 0 Å². The molecule has 0 atom stereocenters. The zero-order chi connectivity index (χ0) is 12.8. The molecule has 0 aromatic carbocycles. The molecule has 0 aromatic rings. The summed E-state index contributed by atoms with van der Waals surface area (Å²) in [4.78, 5) is 0. The largest absolute Gasteiger partial charge is 0.522 e. The first-order valence-corrected chi connectivity index (χ1v) is 13.2. The average molecular weight is 312 g/mol. The van der Waals surface area contributed by atoms with Gasteiger partial charge in [0.15, 0.2) is 0 Å². The Hall–Kier alpha value is 0.428. The standard InChI is InChI=1S/C4H12F4O4Si4/c1-13(5)9-14(2,6)11-16(4,8)12-15(3,7)10-13/h1-4H3. The molecule has 4 nitrogen and oxygen atoms in total. The van der Waals surface area contributed by atoms with Crippen molar-refractivity contribution < 1.29 is 32.9 Å². The van der Waals surface area contributed by atoms with Crippen LogP contribution in [0.4, 0.5) is 16.4 Å². The van der Waals surface area contributed by atoms with Crippen molar-refractivity contribution in [2.75, 3.05) is 0 Å². The Bertz CT molecular complexity index is 213. The lowest BCUT2D eigenvalue weighted by Crippen LogP contribution is -2.62. The molecule has 1 heterocycles. The van der Waals surface area contributed by atoms with Crippen LogP contribution >= 0.6 is 0 Å². The molecule has 0 N–H and O–H groups in total. The van der Waals surface area contributed by atoms with E-state index in [0.717, 1.165) is 26.2 Å². The first-order chi connectivity index (χ1) is 6.83. The van der Waals surface area contributed by atoms with Crippen LogP contribution in [0.2, 0.25) is 26.2 Å². The van der Waals surface area contributed by atoms with Crippen LogP contribution in [-0.4, -0.2) is 35.6 Å². The zero-order valence-electron chi connectivity index (χ0n) is 9.14. The number of hydrogen-bond donors (Lipinski definition) is 0. The molecule has 0 spiro atoms. The summed E-state index contributed by atoms with van der Waals surface area (Å²) in [6, 6.07) is 0. The number of hydrogen-bond acceptors (Lipinski definition) is 4. The highest BCUT2D eigenvalue weighted by Crippen LogP contribution is 2.32. The molecule has 0 saturated carbocycles. The van der Waals surface area contributed by atoms with Crippen molar-refractivity contribution in [3.05, 3.63) is 0 Å². The highest BCUT2D eigenvalue weighted by Gasteiger charge is 2.61. The van der Waals surface area contributed by atoms with E-state index in [1.165, 1.54) is 0 Å². The maximum Gasteiger partial charge on any atom is 0.522 e. The molecule has 0 aromatic heterocycles. The minimum absolute atomic E-state index is 0.803. The van der Waals surface area contributed by atoms with E-state index in [2.05, 4.69) is 16.5 Å². The lowest BCUT2D eigenvalue weighted by molar-refractivity contribution is 0.138. The maximum absolute atomic E-state index is 13.6. The number of rotatable bonds is 0. The SMILES string of the molecule is C[Si]1(F)O[Si](C)(F)O[Si](C)(F)O[Si](C)(F)O1. The van der Waals surface area contributed by atoms with Gasteiger partial charge in [-0.2, -0.15) is 0 Å². The Morgan fingerprint density at radius 2 is 0.625 bits per heavy atom. The molecule has 96 valence electrons. The Labute approximate surface area is 95.2 Å². The summed E-state index contributed by atoms with van der Waals surface area (Å²) in [5, 5.41) is 0. The fourth-order valence-corrected chi connectivity index (χ4v) is 14.0. The second-order valence-corrected chi connectivity index (χ2v) is 13.7. The fourth-order valence-electron chi connectivity index (χ4n) is 1.39. The monoisotopic (exact) mass is 312 g/mol. The predicted octanol–water partition coefficient (Wildman–Crippen LogP) is 2.22. The fraction of sp³-hybridized carbons (Fsp3) is 1.00. The van der Waals surface area contributed by atoms with Crippen LogP contribution in [0, 0.1) is 0 Å². The third kappa shape index (κ3) is 4.36. The van der Waals surface area contributed by atoms with Crippen molar-refractivity contribution in [2.24, 2.45) is 0 Å². The Morgan fingerprint density at radius 1 is 0.500 bits per heavy atom. The second kappa shape index (κ2) is 3.97. The Balaban J connectivity index is 2.98. The first kappa shape index (κ1) is 14.5. The zero-order valence-corrected chi connectivity index (χ0v) is 13.1. The van der Waals surface area contributed by atoms with Crippen LogP contribution < -0.4 is 0 Å². The first-order valence-electron chi connectivity index (χ1n) is 4.39. The van der Waals surface area contributed by atoms with Crippen LogP contribution in [0.15, 0.2) is 0 Å². The molecule has 12 heteroatoms. The maximum atomic E-state index is 13.6. The molecule has 1 aliphatic rings.